The predicted octanol–water partition coefficient (Wildman–Crippen LogP) is 7.47. The highest BCUT2D eigenvalue weighted by Gasteiger charge is 2.34. The van der Waals surface area contributed by atoms with E-state index in [0.29, 0.717) is 39.8 Å². The van der Waals surface area contributed by atoms with E-state index in [1.54, 1.807) is 11.8 Å². The molecule has 8 nitrogen and oxygen atoms in total. The van der Waals surface area contributed by atoms with Crippen LogP contribution in [0.5, 0.6) is 11.5 Å². The quantitative estimate of drug-likeness (QED) is 0.220. The first-order chi connectivity index (χ1) is 20.0. The van der Waals surface area contributed by atoms with Gasteiger partial charge in [-0.2, -0.15) is 10.1 Å². The number of carbonyl (C=O) groups excluding carboxylic acids is 1. The van der Waals surface area contributed by atoms with Gasteiger partial charge in [0.15, 0.2) is 11.5 Å². The van der Waals surface area contributed by atoms with Gasteiger partial charge in [0.05, 0.1) is 17.2 Å². The maximum atomic E-state index is 13.9. The summed E-state index contributed by atoms with van der Waals surface area (Å²) in [6.07, 6.45) is 1.48. The van der Waals surface area contributed by atoms with E-state index in [4.69, 9.17) is 9.47 Å². The van der Waals surface area contributed by atoms with Gasteiger partial charge in [0.2, 0.25) is 5.95 Å². The third-order valence-corrected chi connectivity index (χ3v) is 8.25. The molecule has 0 aliphatic carbocycles. The Morgan fingerprint density at radius 3 is 2.52 bits per heavy atom. The van der Waals surface area contributed by atoms with Gasteiger partial charge in [-0.25, -0.2) is 4.68 Å². The van der Waals surface area contributed by atoms with Crippen molar-refractivity contribution in [1.82, 2.24) is 14.8 Å². The summed E-state index contributed by atoms with van der Waals surface area (Å²) in [5.41, 5.74) is 7.30. The molecule has 2 N–H and O–H groups in total. The maximum Gasteiger partial charge on any atom is 0.255 e. The SMILES string of the molecule is COc1cc(C2C(C(=O)Nc3cccc(C)c3C)=C(C)Nc3ncnn32)cc(Br)c1OCc1ccc(C(C)(C)C)cc1. The number of hydrogen-bond donors (Lipinski definition) is 2. The number of aryl methyl sites for hydroxylation is 1. The molecule has 1 atom stereocenters. The number of methoxy groups -OCH3 is 1. The van der Waals surface area contributed by atoms with Crippen molar-refractivity contribution in [2.75, 3.05) is 17.7 Å². The number of allylic oxidation sites excluding steroid dienone is 1. The van der Waals surface area contributed by atoms with Crippen LogP contribution in [0.15, 0.2) is 76.7 Å². The minimum Gasteiger partial charge on any atom is -0.493 e. The van der Waals surface area contributed by atoms with Crippen LogP contribution in [0.3, 0.4) is 0 Å². The van der Waals surface area contributed by atoms with Crippen LogP contribution in [0.2, 0.25) is 0 Å². The van der Waals surface area contributed by atoms with Crippen LogP contribution in [-0.2, 0) is 16.8 Å². The number of anilines is 2. The van der Waals surface area contributed by atoms with Gasteiger partial charge in [-0.3, -0.25) is 4.79 Å². The molecule has 3 aromatic carbocycles. The summed E-state index contributed by atoms with van der Waals surface area (Å²) in [6.45, 7) is 12.9. The molecule has 1 unspecified atom stereocenters. The molecule has 218 valence electrons. The maximum absolute atomic E-state index is 13.9. The van der Waals surface area contributed by atoms with Crippen LogP contribution >= 0.6 is 15.9 Å². The minimum absolute atomic E-state index is 0.0848. The van der Waals surface area contributed by atoms with E-state index in [0.717, 1.165) is 27.9 Å². The van der Waals surface area contributed by atoms with Crippen LogP contribution < -0.4 is 20.1 Å². The van der Waals surface area contributed by atoms with Gasteiger partial charge >= 0.3 is 0 Å². The van der Waals surface area contributed by atoms with Crippen molar-refractivity contribution in [3.05, 3.63) is 104 Å². The van der Waals surface area contributed by atoms with Gasteiger partial charge in [-0.05, 0) is 88.1 Å². The highest BCUT2D eigenvalue weighted by molar-refractivity contribution is 9.10. The number of halogens is 1. The summed E-state index contributed by atoms with van der Waals surface area (Å²) in [6, 6.07) is 17.6. The highest BCUT2D eigenvalue weighted by Crippen LogP contribution is 2.43. The van der Waals surface area contributed by atoms with Gasteiger partial charge in [0, 0.05) is 11.4 Å². The second kappa shape index (κ2) is 11.6. The summed E-state index contributed by atoms with van der Waals surface area (Å²) in [7, 11) is 1.61. The Morgan fingerprint density at radius 2 is 1.83 bits per heavy atom. The third kappa shape index (κ3) is 5.79. The summed E-state index contributed by atoms with van der Waals surface area (Å²) in [4.78, 5) is 18.2. The number of amides is 1. The first-order valence-corrected chi connectivity index (χ1v) is 14.6. The summed E-state index contributed by atoms with van der Waals surface area (Å²) >= 11 is 3.71. The van der Waals surface area contributed by atoms with Crippen molar-refractivity contribution in [3.63, 3.8) is 0 Å². The monoisotopic (exact) mass is 629 g/mol. The van der Waals surface area contributed by atoms with Gasteiger partial charge in [0.1, 0.15) is 19.0 Å². The smallest absolute Gasteiger partial charge is 0.255 e. The van der Waals surface area contributed by atoms with E-state index >= 15 is 0 Å². The van der Waals surface area contributed by atoms with Crippen molar-refractivity contribution >= 4 is 33.5 Å². The number of ether oxygens (including phenoxy) is 2. The zero-order valence-corrected chi connectivity index (χ0v) is 26.6. The number of hydrogen-bond acceptors (Lipinski definition) is 6. The zero-order chi connectivity index (χ0) is 30.2. The number of fused-ring (bicyclic) bond motifs is 1. The Kier molecular flexibility index (Phi) is 8.14. The minimum atomic E-state index is -0.557. The third-order valence-electron chi connectivity index (χ3n) is 7.66. The lowest BCUT2D eigenvalue weighted by Gasteiger charge is -2.29. The molecule has 0 saturated heterocycles. The van der Waals surface area contributed by atoms with Gasteiger partial charge in [-0.1, -0.05) is 57.2 Å². The van der Waals surface area contributed by atoms with E-state index in [-0.39, 0.29) is 11.3 Å². The van der Waals surface area contributed by atoms with Crippen LogP contribution in [0.1, 0.15) is 61.6 Å². The van der Waals surface area contributed by atoms with Crippen molar-refractivity contribution < 1.29 is 14.3 Å². The summed E-state index contributed by atoms with van der Waals surface area (Å²) in [5.74, 6) is 1.44. The molecule has 0 spiro atoms. The van der Waals surface area contributed by atoms with Crippen molar-refractivity contribution in [2.24, 2.45) is 0 Å². The Balaban J connectivity index is 1.48. The first kappa shape index (κ1) is 29.4. The lowest BCUT2D eigenvalue weighted by atomic mass is 9.87. The lowest BCUT2D eigenvalue weighted by Crippen LogP contribution is -2.31. The summed E-state index contributed by atoms with van der Waals surface area (Å²) in [5, 5.41) is 10.8. The molecular formula is C33H36BrN5O3. The standard InChI is InChI=1S/C33H36BrN5O3/c1-19-9-8-10-26(20(19)2)38-31(40)28-21(3)37-32-35-18-36-39(32)29(28)23-15-25(34)30(27(16-23)41-7)42-17-22-11-13-24(14-12-22)33(4,5)6/h8-16,18,29H,17H2,1-7H3,(H,38,40)(H,35,36,37). The number of nitrogens with one attached hydrogen (secondary N) is 2. The molecule has 1 aliphatic heterocycles. The van der Waals surface area contributed by atoms with E-state index in [1.165, 1.54) is 11.9 Å². The molecule has 1 aromatic heterocycles. The largest absolute Gasteiger partial charge is 0.493 e. The van der Waals surface area contributed by atoms with Crippen LogP contribution in [0.4, 0.5) is 11.6 Å². The van der Waals surface area contributed by atoms with Gasteiger partial charge in [-0.15, -0.1) is 0 Å². The van der Waals surface area contributed by atoms with E-state index in [2.05, 4.69) is 81.7 Å². The van der Waals surface area contributed by atoms with Crippen molar-refractivity contribution in [2.45, 2.75) is 59.6 Å². The topological polar surface area (TPSA) is 90.3 Å². The molecule has 0 bridgehead atoms. The molecular weight excluding hydrogens is 594 g/mol. The van der Waals surface area contributed by atoms with E-state index < -0.39 is 6.04 Å². The molecule has 42 heavy (non-hydrogen) atoms. The molecule has 2 heterocycles. The number of aromatic nitrogens is 3. The molecule has 4 aromatic rings. The fourth-order valence-electron chi connectivity index (χ4n) is 5.06. The Morgan fingerprint density at radius 1 is 1.10 bits per heavy atom. The normalized spacial score (nSPS) is 14.7. The molecule has 9 heteroatoms. The Labute approximate surface area is 255 Å². The van der Waals surface area contributed by atoms with Crippen LogP contribution in [0.25, 0.3) is 0 Å². The Bertz CT molecular complexity index is 1670. The average molecular weight is 631 g/mol. The Hall–Kier alpha value is -4.11. The van der Waals surface area contributed by atoms with Gasteiger partial charge in [0.25, 0.3) is 5.91 Å². The fourth-order valence-corrected chi connectivity index (χ4v) is 5.64. The second-order valence-electron chi connectivity index (χ2n) is 11.6. The van der Waals surface area contributed by atoms with Crippen LogP contribution in [0, 0.1) is 13.8 Å². The van der Waals surface area contributed by atoms with Crippen molar-refractivity contribution in [3.8, 4) is 11.5 Å². The molecule has 0 fully saturated rings. The molecule has 0 radical (unpaired) electrons. The number of rotatable bonds is 7. The van der Waals surface area contributed by atoms with Crippen LogP contribution in [-0.4, -0.2) is 27.8 Å². The first-order valence-electron chi connectivity index (χ1n) is 13.8. The van der Waals surface area contributed by atoms with E-state index in [9.17, 15) is 4.79 Å². The average Bonchev–Trinajstić information content (AvgIpc) is 3.41. The fraction of sp³-hybridized carbons (Fsp3) is 0.303. The number of benzene rings is 3. The molecule has 1 amide bonds. The predicted molar refractivity (Wildman–Crippen MR) is 169 cm³/mol. The van der Waals surface area contributed by atoms with E-state index in [1.807, 2.05) is 51.1 Å². The zero-order valence-electron chi connectivity index (χ0n) is 25.0. The number of carbonyl (C=O) groups is 1. The highest BCUT2D eigenvalue weighted by atomic mass is 79.9. The van der Waals surface area contributed by atoms with Crippen molar-refractivity contribution in [1.29, 1.82) is 0 Å². The molecule has 5 rings (SSSR count). The molecule has 0 saturated carbocycles. The second-order valence-corrected chi connectivity index (χ2v) is 12.4. The molecule has 1 aliphatic rings. The van der Waals surface area contributed by atoms with Gasteiger partial charge < -0.3 is 20.1 Å². The number of nitrogens with zero attached hydrogens (tertiary/aromatic N) is 3. The lowest BCUT2D eigenvalue weighted by molar-refractivity contribution is -0.113. The summed E-state index contributed by atoms with van der Waals surface area (Å²) < 4.78 is 14.5.